The molecule has 14 heavy (non-hydrogen) atoms. The Morgan fingerprint density at radius 3 is 2.71 bits per heavy atom. The molecule has 1 atom stereocenters. The molecule has 0 aliphatic carbocycles. The van der Waals surface area contributed by atoms with Gasteiger partial charge in [0.1, 0.15) is 12.7 Å². The van der Waals surface area contributed by atoms with Crippen molar-refractivity contribution < 1.29 is 0 Å². The predicted octanol–water partition coefficient (Wildman–Crippen LogP) is 1.30. The van der Waals surface area contributed by atoms with Crippen molar-refractivity contribution in [1.82, 2.24) is 20.1 Å². The van der Waals surface area contributed by atoms with Crippen molar-refractivity contribution in [2.24, 2.45) is 5.92 Å². The normalized spacial score (nSPS) is 13.4. The fraction of sp³-hybridized carbons (Fsp3) is 0.800. The van der Waals surface area contributed by atoms with E-state index in [9.17, 15) is 0 Å². The van der Waals surface area contributed by atoms with Crippen LogP contribution in [-0.4, -0.2) is 27.4 Å². The molecule has 0 saturated carbocycles. The highest BCUT2D eigenvalue weighted by Gasteiger charge is 2.08. The van der Waals surface area contributed by atoms with Crippen LogP contribution < -0.4 is 5.32 Å². The molecule has 80 valence electrons. The summed E-state index contributed by atoms with van der Waals surface area (Å²) in [6.45, 7) is 8.56. The van der Waals surface area contributed by atoms with Crippen LogP contribution in [0.15, 0.2) is 12.7 Å². The molecule has 1 N–H and O–H groups in total. The molecule has 1 heterocycles. The van der Waals surface area contributed by atoms with Gasteiger partial charge in [0.25, 0.3) is 0 Å². The number of nitrogens with zero attached hydrogens (tertiary/aromatic N) is 3. The zero-order chi connectivity index (χ0) is 10.4. The van der Waals surface area contributed by atoms with Gasteiger partial charge in [0.15, 0.2) is 0 Å². The molecular weight excluding hydrogens is 176 g/mol. The summed E-state index contributed by atoms with van der Waals surface area (Å²) in [7, 11) is 0. The van der Waals surface area contributed by atoms with E-state index < -0.39 is 0 Å². The maximum absolute atomic E-state index is 4.05. The molecule has 4 heteroatoms. The molecule has 4 nitrogen and oxygen atoms in total. The standard InChI is InChI=1S/C10H20N4/c1-4-10(9(2)3)12-5-6-14-8-11-7-13-14/h7-10,12H,4-6H2,1-3H3. The lowest BCUT2D eigenvalue weighted by Gasteiger charge is -2.20. The summed E-state index contributed by atoms with van der Waals surface area (Å²) in [4.78, 5) is 3.90. The molecule has 0 amide bonds. The van der Waals surface area contributed by atoms with Crippen LogP contribution in [0.3, 0.4) is 0 Å². The van der Waals surface area contributed by atoms with Crippen molar-refractivity contribution >= 4 is 0 Å². The van der Waals surface area contributed by atoms with Gasteiger partial charge in [-0.15, -0.1) is 0 Å². The van der Waals surface area contributed by atoms with Crippen LogP contribution >= 0.6 is 0 Å². The van der Waals surface area contributed by atoms with Crippen LogP contribution in [0.25, 0.3) is 0 Å². The molecule has 1 aromatic rings. The molecule has 1 aromatic heterocycles. The summed E-state index contributed by atoms with van der Waals surface area (Å²) in [5.74, 6) is 0.691. The van der Waals surface area contributed by atoms with Gasteiger partial charge in [0.2, 0.25) is 0 Å². The Morgan fingerprint density at radius 1 is 1.43 bits per heavy atom. The maximum atomic E-state index is 4.05. The van der Waals surface area contributed by atoms with Crippen molar-refractivity contribution in [2.45, 2.75) is 39.8 Å². The van der Waals surface area contributed by atoms with E-state index in [1.807, 2.05) is 4.68 Å². The van der Waals surface area contributed by atoms with Gasteiger partial charge in [0, 0.05) is 12.6 Å². The molecule has 0 aliphatic heterocycles. The zero-order valence-electron chi connectivity index (χ0n) is 9.27. The second-order valence-electron chi connectivity index (χ2n) is 3.87. The number of aromatic nitrogens is 3. The Hall–Kier alpha value is -0.900. The molecule has 0 aromatic carbocycles. The smallest absolute Gasteiger partial charge is 0.137 e. The predicted molar refractivity (Wildman–Crippen MR) is 56.9 cm³/mol. The van der Waals surface area contributed by atoms with Gasteiger partial charge in [-0.25, -0.2) is 4.98 Å². The van der Waals surface area contributed by atoms with Crippen LogP contribution in [0.2, 0.25) is 0 Å². The highest BCUT2D eigenvalue weighted by Crippen LogP contribution is 2.04. The zero-order valence-corrected chi connectivity index (χ0v) is 9.27. The third kappa shape index (κ3) is 3.46. The Labute approximate surface area is 85.7 Å². The molecule has 0 bridgehead atoms. The van der Waals surface area contributed by atoms with Crippen molar-refractivity contribution in [2.75, 3.05) is 6.54 Å². The van der Waals surface area contributed by atoms with Gasteiger partial charge in [-0.05, 0) is 12.3 Å². The Balaban J connectivity index is 2.20. The Kier molecular flexibility index (Phi) is 4.59. The van der Waals surface area contributed by atoms with Crippen LogP contribution in [0.4, 0.5) is 0 Å². The summed E-state index contributed by atoms with van der Waals surface area (Å²) < 4.78 is 1.85. The molecule has 0 aliphatic rings. The summed E-state index contributed by atoms with van der Waals surface area (Å²) in [6, 6.07) is 0.610. The summed E-state index contributed by atoms with van der Waals surface area (Å²) in [5.41, 5.74) is 0. The lowest BCUT2D eigenvalue weighted by atomic mass is 10.0. The quantitative estimate of drug-likeness (QED) is 0.746. The fourth-order valence-corrected chi connectivity index (χ4v) is 1.56. The van der Waals surface area contributed by atoms with Gasteiger partial charge in [0.05, 0.1) is 6.54 Å². The van der Waals surface area contributed by atoms with Crippen molar-refractivity contribution in [3.8, 4) is 0 Å². The SMILES string of the molecule is CCC(NCCn1cncn1)C(C)C. The minimum Gasteiger partial charge on any atom is -0.312 e. The van der Waals surface area contributed by atoms with Crippen LogP contribution in [0.1, 0.15) is 27.2 Å². The van der Waals surface area contributed by atoms with Gasteiger partial charge in [-0.3, -0.25) is 4.68 Å². The van der Waals surface area contributed by atoms with E-state index in [2.05, 4.69) is 36.2 Å². The molecule has 1 unspecified atom stereocenters. The lowest BCUT2D eigenvalue weighted by molar-refractivity contribution is 0.377. The average molecular weight is 196 g/mol. The van der Waals surface area contributed by atoms with Gasteiger partial charge < -0.3 is 5.32 Å². The summed E-state index contributed by atoms with van der Waals surface area (Å²) in [5, 5.41) is 7.57. The largest absolute Gasteiger partial charge is 0.312 e. The van der Waals surface area contributed by atoms with E-state index in [1.54, 1.807) is 12.7 Å². The van der Waals surface area contributed by atoms with Gasteiger partial charge in [-0.1, -0.05) is 20.8 Å². The molecule has 0 fully saturated rings. The molecular formula is C10H20N4. The summed E-state index contributed by atoms with van der Waals surface area (Å²) in [6.07, 6.45) is 4.49. The summed E-state index contributed by atoms with van der Waals surface area (Å²) >= 11 is 0. The average Bonchev–Trinajstić information content (AvgIpc) is 2.64. The van der Waals surface area contributed by atoms with E-state index in [0.29, 0.717) is 12.0 Å². The highest BCUT2D eigenvalue weighted by atomic mass is 15.3. The highest BCUT2D eigenvalue weighted by molar-refractivity contribution is 4.68. The first-order chi connectivity index (χ1) is 6.74. The number of rotatable bonds is 6. The maximum Gasteiger partial charge on any atom is 0.137 e. The van der Waals surface area contributed by atoms with Crippen LogP contribution in [-0.2, 0) is 6.54 Å². The minimum absolute atomic E-state index is 0.610. The first-order valence-electron chi connectivity index (χ1n) is 5.29. The second kappa shape index (κ2) is 5.75. The first kappa shape index (κ1) is 11.2. The topological polar surface area (TPSA) is 42.7 Å². The molecule has 0 radical (unpaired) electrons. The number of hydrogen-bond donors (Lipinski definition) is 1. The lowest BCUT2D eigenvalue weighted by Crippen LogP contribution is -2.35. The third-order valence-electron chi connectivity index (χ3n) is 2.46. The fourth-order valence-electron chi connectivity index (χ4n) is 1.56. The van der Waals surface area contributed by atoms with Crippen molar-refractivity contribution in [1.29, 1.82) is 0 Å². The van der Waals surface area contributed by atoms with E-state index in [-0.39, 0.29) is 0 Å². The number of hydrogen-bond acceptors (Lipinski definition) is 3. The van der Waals surface area contributed by atoms with Gasteiger partial charge >= 0.3 is 0 Å². The molecule has 0 saturated heterocycles. The third-order valence-corrected chi connectivity index (χ3v) is 2.46. The van der Waals surface area contributed by atoms with E-state index in [1.165, 1.54) is 6.42 Å². The van der Waals surface area contributed by atoms with E-state index in [0.717, 1.165) is 13.1 Å². The molecule has 1 rings (SSSR count). The van der Waals surface area contributed by atoms with Crippen LogP contribution in [0.5, 0.6) is 0 Å². The van der Waals surface area contributed by atoms with Crippen LogP contribution in [0, 0.1) is 5.92 Å². The van der Waals surface area contributed by atoms with E-state index in [4.69, 9.17) is 0 Å². The van der Waals surface area contributed by atoms with Crippen molar-refractivity contribution in [3.63, 3.8) is 0 Å². The van der Waals surface area contributed by atoms with Gasteiger partial charge in [-0.2, -0.15) is 5.10 Å². The number of nitrogens with one attached hydrogen (secondary N) is 1. The van der Waals surface area contributed by atoms with Crippen molar-refractivity contribution in [3.05, 3.63) is 12.7 Å². The monoisotopic (exact) mass is 196 g/mol. The Morgan fingerprint density at radius 2 is 2.21 bits per heavy atom. The van der Waals surface area contributed by atoms with E-state index >= 15 is 0 Å². The first-order valence-corrected chi connectivity index (χ1v) is 5.29. The minimum atomic E-state index is 0.610. The molecule has 0 spiro atoms. The second-order valence-corrected chi connectivity index (χ2v) is 3.87. The Bertz CT molecular complexity index is 230.